The van der Waals surface area contributed by atoms with E-state index in [-0.39, 0.29) is 29.3 Å². The summed E-state index contributed by atoms with van der Waals surface area (Å²) in [7, 11) is 0. The second kappa shape index (κ2) is 7.60. The fourth-order valence-corrected chi connectivity index (χ4v) is 6.30. The summed E-state index contributed by atoms with van der Waals surface area (Å²) in [4.78, 5) is 28.9. The topological polar surface area (TPSA) is 85.1 Å². The third-order valence-electron chi connectivity index (χ3n) is 8.12. The number of rotatable bonds is 4. The number of carbonyl (C=O) groups excluding carboxylic acids is 2. The van der Waals surface area contributed by atoms with Crippen LogP contribution in [-0.2, 0) is 9.59 Å². The molecule has 7 rings (SSSR count). The van der Waals surface area contributed by atoms with Crippen molar-refractivity contribution in [2.45, 2.75) is 38.0 Å². The van der Waals surface area contributed by atoms with Crippen molar-refractivity contribution < 1.29 is 20.0 Å². The van der Waals surface area contributed by atoms with Gasteiger partial charge < -0.3 is 5.21 Å². The average molecular weight is 455 g/mol. The second-order valence-electron chi connectivity index (χ2n) is 9.70. The van der Waals surface area contributed by atoms with Gasteiger partial charge in [-0.1, -0.05) is 56.3 Å². The van der Waals surface area contributed by atoms with E-state index in [2.05, 4.69) is 44.2 Å². The largest absolute Gasteiger partial charge is 0.595 e. The molecule has 1 heterocycles. The summed E-state index contributed by atoms with van der Waals surface area (Å²) in [5.41, 5.74) is 6.43. The lowest BCUT2D eigenvalue weighted by Gasteiger charge is -2.46. The molecule has 2 bridgehead atoms. The van der Waals surface area contributed by atoms with Crippen LogP contribution in [0, 0.1) is 17.0 Å². The van der Waals surface area contributed by atoms with Crippen molar-refractivity contribution in [2.24, 2.45) is 11.8 Å². The Bertz CT molecular complexity index is 1320. The van der Waals surface area contributed by atoms with Gasteiger partial charge in [0.1, 0.15) is 0 Å². The van der Waals surface area contributed by atoms with E-state index in [0.717, 1.165) is 23.1 Å². The molecule has 6 heteroatoms. The number of amides is 2. The van der Waals surface area contributed by atoms with Gasteiger partial charge in [-0.05, 0) is 52.3 Å². The molecule has 3 aliphatic carbocycles. The van der Waals surface area contributed by atoms with Crippen LogP contribution in [0.1, 0.15) is 65.8 Å². The van der Waals surface area contributed by atoms with Crippen LogP contribution in [0.15, 0.2) is 66.7 Å². The molecule has 6 nitrogen and oxygen atoms in total. The minimum absolute atomic E-state index is 0.123. The minimum atomic E-state index is -1.04. The van der Waals surface area contributed by atoms with Crippen LogP contribution in [0.25, 0.3) is 0 Å². The third kappa shape index (κ3) is 2.79. The maximum absolute atomic E-state index is 13.8. The van der Waals surface area contributed by atoms with E-state index in [0.29, 0.717) is 11.6 Å². The Hall–Kier alpha value is -3.32. The van der Waals surface area contributed by atoms with Crippen LogP contribution in [0.2, 0.25) is 0 Å². The van der Waals surface area contributed by atoms with Gasteiger partial charge in [-0.2, -0.15) is 5.23 Å². The zero-order valence-corrected chi connectivity index (χ0v) is 19.1. The van der Waals surface area contributed by atoms with Crippen LogP contribution in [-0.4, -0.2) is 17.0 Å². The molecule has 4 aliphatic rings. The van der Waals surface area contributed by atoms with Gasteiger partial charge in [0, 0.05) is 24.0 Å². The maximum atomic E-state index is 13.8. The zero-order valence-electron chi connectivity index (χ0n) is 19.1. The Morgan fingerprint density at radius 2 is 1.44 bits per heavy atom. The molecule has 3 aromatic carbocycles. The van der Waals surface area contributed by atoms with Gasteiger partial charge in [-0.15, -0.1) is 0 Å². The maximum Gasteiger partial charge on any atom is 0.238 e. The molecule has 172 valence electrons. The molecule has 34 heavy (non-hydrogen) atoms. The fraction of sp³-hybridized carbons (Fsp3) is 0.286. The van der Waals surface area contributed by atoms with Crippen LogP contribution in [0.3, 0.4) is 0 Å². The second-order valence-corrected chi connectivity index (χ2v) is 9.70. The normalized spacial score (nSPS) is 26.2. The third-order valence-corrected chi connectivity index (χ3v) is 8.12. The van der Waals surface area contributed by atoms with Crippen LogP contribution >= 0.6 is 0 Å². The molecular weight excluding hydrogens is 428 g/mol. The highest BCUT2D eigenvalue weighted by Gasteiger charge is 2.61. The van der Waals surface area contributed by atoms with E-state index < -0.39 is 17.1 Å². The smallest absolute Gasteiger partial charge is 0.238 e. The molecule has 0 spiro atoms. The molecule has 0 aromatic heterocycles. The standard InChI is InChI=1S/C28H26N2O4/c1-3-15(2)16-8-13-21-22(14-16)24-20-7-5-4-6-19(20)23(21)25-26(24)28(32)29(27(25)31)17-9-11-18(12-10-17)30(33)34/h4-15,23-26,30,33H,3H2,1-2H3. The van der Waals surface area contributed by atoms with Gasteiger partial charge in [0.15, 0.2) is 5.69 Å². The monoisotopic (exact) mass is 454 g/mol. The molecule has 2 amide bonds. The first kappa shape index (κ1) is 21.2. The van der Waals surface area contributed by atoms with E-state index in [1.54, 1.807) is 12.1 Å². The van der Waals surface area contributed by atoms with Gasteiger partial charge in [-0.3, -0.25) is 9.59 Å². The van der Waals surface area contributed by atoms with E-state index in [1.165, 1.54) is 28.2 Å². The predicted octanol–water partition coefficient (Wildman–Crippen LogP) is 4.00. The quantitative estimate of drug-likeness (QED) is 0.461. The average Bonchev–Trinajstić information content (AvgIpc) is 3.13. The van der Waals surface area contributed by atoms with Crippen molar-refractivity contribution in [1.82, 2.24) is 0 Å². The fourth-order valence-electron chi connectivity index (χ4n) is 6.30. The number of nitrogens with one attached hydrogen (secondary N) is 1. The number of nitrogens with zero attached hydrogens (tertiary/aromatic N) is 1. The lowest BCUT2D eigenvalue weighted by molar-refractivity contribution is -0.991. The van der Waals surface area contributed by atoms with Crippen molar-refractivity contribution in [3.05, 3.63) is 99.8 Å². The zero-order chi connectivity index (χ0) is 23.7. The molecule has 2 N–H and O–H groups in total. The van der Waals surface area contributed by atoms with Crippen molar-refractivity contribution in [3.8, 4) is 0 Å². The highest BCUT2D eigenvalue weighted by Crippen LogP contribution is 2.61. The number of hydrogen-bond donors (Lipinski definition) is 2. The first-order valence-corrected chi connectivity index (χ1v) is 11.9. The van der Waals surface area contributed by atoms with Crippen molar-refractivity contribution in [1.29, 1.82) is 0 Å². The van der Waals surface area contributed by atoms with Crippen LogP contribution < -0.4 is 10.1 Å². The Morgan fingerprint density at radius 3 is 2.00 bits per heavy atom. The molecule has 0 saturated carbocycles. The Balaban J connectivity index is 1.49. The first-order valence-electron chi connectivity index (χ1n) is 11.9. The summed E-state index contributed by atoms with van der Waals surface area (Å²) in [6.07, 6.45) is 1.03. The van der Waals surface area contributed by atoms with Gasteiger partial charge >= 0.3 is 0 Å². The SMILES string of the molecule is CCC(C)c1ccc2c(c1)C1c3ccccc3C2C2C(=O)N(c3ccc([NH+]([O-])O)cc3)C(=O)C12. The van der Waals surface area contributed by atoms with Gasteiger partial charge in [0.05, 0.1) is 17.5 Å². The van der Waals surface area contributed by atoms with E-state index >= 15 is 0 Å². The van der Waals surface area contributed by atoms with Crippen LogP contribution in [0.5, 0.6) is 0 Å². The molecule has 6 unspecified atom stereocenters. The number of hydrogen-bond acceptors (Lipinski definition) is 4. The van der Waals surface area contributed by atoms with Crippen molar-refractivity contribution in [2.75, 3.05) is 4.90 Å². The Kier molecular flexibility index (Phi) is 4.74. The summed E-state index contributed by atoms with van der Waals surface area (Å²) < 4.78 is 0. The summed E-state index contributed by atoms with van der Waals surface area (Å²) in [6.45, 7) is 4.39. The predicted molar refractivity (Wildman–Crippen MR) is 127 cm³/mol. The number of carbonyl (C=O) groups is 2. The van der Waals surface area contributed by atoms with Gasteiger partial charge in [0.25, 0.3) is 0 Å². The molecule has 1 aliphatic heterocycles. The van der Waals surface area contributed by atoms with E-state index in [4.69, 9.17) is 0 Å². The number of quaternary nitrogens is 1. The molecule has 3 aromatic rings. The molecule has 6 atom stereocenters. The Labute approximate surface area is 198 Å². The summed E-state index contributed by atoms with van der Waals surface area (Å²) >= 11 is 0. The minimum Gasteiger partial charge on any atom is -0.595 e. The highest BCUT2D eigenvalue weighted by atomic mass is 16.8. The highest BCUT2D eigenvalue weighted by molar-refractivity contribution is 6.23. The summed E-state index contributed by atoms with van der Waals surface area (Å²) in [5, 5.41) is 19.4. The summed E-state index contributed by atoms with van der Waals surface area (Å²) in [6, 6.07) is 20.8. The van der Waals surface area contributed by atoms with Crippen molar-refractivity contribution >= 4 is 23.2 Å². The van der Waals surface area contributed by atoms with E-state index in [1.807, 2.05) is 12.1 Å². The van der Waals surface area contributed by atoms with Crippen molar-refractivity contribution in [3.63, 3.8) is 0 Å². The van der Waals surface area contributed by atoms with Gasteiger partial charge in [-0.25, -0.2) is 10.1 Å². The summed E-state index contributed by atoms with van der Waals surface area (Å²) in [5.74, 6) is -1.19. The Morgan fingerprint density at radius 1 is 0.882 bits per heavy atom. The number of anilines is 1. The lowest BCUT2D eigenvalue weighted by atomic mass is 9.54. The molecule has 1 saturated heterocycles. The molecule has 0 radical (unpaired) electrons. The number of imide groups is 1. The van der Waals surface area contributed by atoms with Crippen LogP contribution in [0.4, 0.5) is 11.4 Å². The number of benzene rings is 3. The van der Waals surface area contributed by atoms with Gasteiger partial charge in [0.2, 0.25) is 11.8 Å². The molecule has 1 fully saturated rings. The lowest BCUT2D eigenvalue weighted by Crippen LogP contribution is -2.99. The molecular formula is C28H26N2O4. The first-order chi connectivity index (χ1) is 16.4. The van der Waals surface area contributed by atoms with E-state index in [9.17, 15) is 20.0 Å².